The minimum atomic E-state index is -1.04. The molecule has 2 heterocycles. The van der Waals surface area contributed by atoms with E-state index in [-0.39, 0.29) is 11.4 Å². The maximum Gasteiger partial charge on any atom is 0.339 e. The summed E-state index contributed by atoms with van der Waals surface area (Å²) in [7, 11) is 0. The van der Waals surface area contributed by atoms with Gasteiger partial charge in [-0.3, -0.25) is 0 Å². The Labute approximate surface area is 91.3 Å². The number of aromatic carboxylic acids is 1. The molecule has 3 N–H and O–H groups in total. The van der Waals surface area contributed by atoms with Gasteiger partial charge in [0, 0.05) is 18.0 Å². The molecule has 6 heteroatoms. The average molecular weight is 218 g/mol. The van der Waals surface area contributed by atoms with Crippen molar-refractivity contribution in [3.05, 3.63) is 35.7 Å². The zero-order chi connectivity index (χ0) is 11.7. The first-order valence-electron chi connectivity index (χ1n) is 4.60. The van der Waals surface area contributed by atoms with Crippen molar-refractivity contribution in [2.45, 2.75) is 6.92 Å². The second-order valence-corrected chi connectivity index (χ2v) is 3.30. The number of carboxylic acids is 1. The van der Waals surface area contributed by atoms with Gasteiger partial charge in [-0.2, -0.15) is 0 Å². The lowest BCUT2D eigenvalue weighted by atomic mass is 10.2. The molecule has 0 amide bonds. The smallest absolute Gasteiger partial charge is 0.339 e. The Hall–Kier alpha value is -2.37. The van der Waals surface area contributed by atoms with Crippen LogP contribution in [0.2, 0.25) is 0 Å². The molecule has 2 aromatic rings. The minimum absolute atomic E-state index is 0.0914. The number of hydrogen-bond donors (Lipinski definition) is 2. The summed E-state index contributed by atoms with van der Waals surface area (Å²) < 4.78 is 1.42. The predicted octanol–water partition coefficient (Wildman–Crippen LogP) is 0.856. The molecular weight excluding hydrogens is 208 g/mol. The number of carboxylic acid groups (broad SMARTS) is 1. The highest BCUT2D eigenvalue weighted by Crippen LogP contribution is 2.15. The Bertz CT molecular complexity index is 548. The van der Waals surface area contributed by atoms with Crippen LogP contribution in [0, 0.1) is 6.92 Å². The summed E-state index contributed by atoms with van der Waals surface area (Å²) in [5.74, 6) is -0.444. The largest absolute Gasteiger partial charge is 0.478 e. The fourth-order valence-corrected chi connectivity index (χ4v) is 1.45. The van der Waals surface area contributed by atoms with Crippen LogP contribution in [0.3, 0.4) is 0 Å². The highest BCUT2D eigenvalue weighted by molar-refractivity contribution is 5.91. The second-order valence-electron chi connectivity index (χ2n) is 3.30. The predicted molar refractivity (Wildman–Crippen MR) is 57.5 cm³/mol. The van der Waals surface area contributed by atoms with E-state index < -0.39 is 5.97 Å². The fourth-order valence-electron chi connectivity index (χ4n) is 1.45. The lowest BCUT2D eigenvalue weighted by Gasteiger charge is -2.05. The van der Waals surface area contributed by atoms with Crippen molar-refractivity contribution in [2.24, 2.45) is 0 Å². The number of rotatable bonds is 2. The highest BCUT2D eigenvalue weighted by Gasteiger charge is 2.14. The molecule has 6 nitrogen and oxygen atoms in total. The molecule has 0 spiro atoms. The molecular formula is C10H10N4O2. The summed E-state index contributed by atoms with van der Waals surface area (Å²) in [6, 6.07) is 4.69. The number of pyridine rings is 1. The molecule has 2 aromatic heterocycles. The van der Waals surface area contributed by atoms with Crippen LogP contribution in [0.15, 0.2) is 24.4 Å². The summed E-state index contributed by atoms with van der Waals surface area (Å²) in [6.07, 6.45) is 1.51. The van der Waals surface area contributed by atoms with E-state index in [9.17, 15) is 4.79 Å². The third-order valence-electron chi connectivity index (χ3n) is 2.12. The van der Waals surface area contributed by atoms with Crippen molar-refractivity contribution in [1.29, 1.82) is 0 Å². The van der Waals surface area contributed by atoms with Crippen LogP contribution in [-0.4, -0.2) is 25.8 Å². The Morgan fingerprint density at radius 1 is 1.56 bits per heavy atom. The van der Waals surface area contributed by atoms with Gasteiger partial charge in [-0.05, 0) is 19.1 Å². The summed E-state index contributed by atoms with van der Waals surface area (Å²) in [5, 5.41) is 13.0. The van der Waals surface area contributed by atoms with Crippen molar-refractivity contribution < 1.29 is 9.90 Å². The molecule has 0 fully saturated rings. The Morgan fingerprint density at radius 3 is 2.88 bits per heavy atom. The zero-order valence-corrected chi connectivity index (χ0v) is 8.58. The standard InChI is InChI=1S/C10H10N4O2/c1-6-5-8(11)13-14(6)9-7(10(15)16)3-2-4-12-9/h2-5H,1H3,(H2,11,13)(H,15,16). The summed E-state index contributed by atoms with van der Waals surface area (Å²) in [4.78, 5) is 15.0. The van der Waals surface area contributed by atoms with Gasteiger partial charge in [0.2, 0.25) is 0 Å². The Kier molecular flexibility index (Phi) is 2.32. The molecule has 0 aliphatic carbocycles. The number of anilines is 1. The van der Waals surface area contributed by atoms with Gasteiger partial charge in [-0.1, -0.05) is 0 Å². The van der Waals surface area contributed by atoms with Crippen LogP contribution < -0.4 is 5.73 Å². The van der Waals surface area contributed by atoms with E-state index in [0.29, 0.717) is 5.82 Å². The van der Waals surface area contributed by atoms with Crippen LogP contribution in [-0.2, 0) is 0 Å². The molecule has 82 valence electrons. The van der Waals surface area contributed by atoms with Gasteiger partial charge in [0.25, 0.3) is 0 Å². The van der Waals surface area contributed by atoms with Crippen LogP contribution in [0.4, 0.5) is 5.82 Å². The van der Waals surface area contributed by atoms with Crippen molar-refractivity contribution in [1.82, 2.24) is 14.8 Å². The van der Waals surface area contributed by atoms with Gasteiger partial charge in [-0.15, -0.1) is 5.10 Å². The highest BCUT2D eigenvalue weighted by atomic mass is 16.4. The second kappa shape index (κ2) is 3.65. The first kappa shape index (κ1) is 10.2. The average Bonchev–Trinajstić information content (AvgIpc) is 2.57. The molecule has 0 saturated carbocycles. The summed E-state index contributed by atoms with van der Waals surface area (Å²) in [6.45, 7) is 1.78. The lowest BCUT2D eigenvalue weighted by Crippen LogP contribution is -2.09. The number of hydrogen-bond acceptors (Lipinski definition) is 4. The summed E-state index contributed by atoms with van der Waals surface area (Å²) in [5.41, 5.74) is 6.36. The normalized spacial score (nSPS) is 10.3. The van der Waals surface area contributed by atoms with Crippen LogP contribution >= 0.6 is 0 Å². The van der Waals surface area contributed by atoms with E-state index in [4.69, 9.17) is 10.8 Å². The van der Waals surface area contributed by atoms with E-state index in [1.807, 2.05) is 0 Å². The number of nitrogen functional groups attached to an aromatic ring is 1. The molecule has 0 saturated heterocycles. The maximum atomic E-state index is 11.0. The quantitative estimate of drug-likeness (QED) is 0.779. The first-order valence-corrected chi connectivity index (χ1v) is 4.60. The van der Waals surface area contributed by atoms with Gasteiger partial charge in [0.1, 0.15) is 11.4 Å². The maximum absolute atomic E-state index is 11.0. The van der Waals surface area contributed by atoms with Crippen molar-refractivity contribution in [3.8, 4) is 5.82 Å². The number of aromatic nitrogens is 3. The molecule has 0 radical (unpaired) electrons. The van der Waals surface area contributed by atoms with Crippen LogP contribution in [0.25, 0.3) is 5.82 Å². The van der Waals surface area contributed by atoms with Gasteiger partial charge >= 0.3 is 5.97 Å². The molecule has 0 aromatic carbocycles. The molecule has 16 heavy (non-hydrogen) atoms. The van der Waals surface area contributed by atoms with Gasteiger partial charge in [0.05, 0.1) is 0 Å². The monoisotopic (exact) mass is 218 g/mol. The van der Waals surface area contributed by atoms with Crippen molar-refractivity contribution in [2.75, 3.05) is 5.73 Å². The van der Waals surface area contributed by atoms with Gasteiger partial charge in [-0.25, -0.2) is 14.5 Å². The molecule has 0 unspecified atom stereocenters. The fraction of sp³-hybridized carbons (Fsp3) is 0.100. The number of carbonyl (C=O) groups is 1. The third-order valence-corrected chi connectivity index (χ3v) is 2.12. The third kappa shape index (κ3) is 1.60. The first-order chi connectivity index (χ1) is 7.59. The molecule has 0 aliphatic rings. The number of nitrogens with zero attached hydrogens (tertiary/aromatic N) is 3. The Balaban J connectivity index is 2.64. The van der Waals surface area contributed by atoms with E-state index in [0.717, 1.165) is 5.69 Å². The lowest BCUT2D eigenvalue weighted by molar-refractivity contribution is 0.0696. The topological polar surface area (TPSA) is 94.0 Å². The SMILES string of the molecule is Cc1cc(N)nn1-c1ncccc1C(=O)O. The van der Waals surface area contributed by atoms with Gasteiger partial charge < -0.3 is 10.8 Å². The molecule has 2 rings (SSSR count). The van der Waals surface area contributed by atoms with Gasteiger partial charge in [0.15, 0.2) is 5.82 Å². The van der Waals surface area contributed by atoms with E-state index in [1.54, 1.807) is 19.1 Å². The summed E-state index contributed by atoms with van der Waals surface area (Å²) >= 11 is 0. The molecule has 0 atom stereocenters. The van der Waals surface area contributed by atoms with E-state index in [2.05, 4.69) is 10.1 Å². The van der Waals surface area contributed by atoms with E-state index >= 15 is 0 Å². The van der Waals surface area contributed by atoms with E-state index in [1.165, 1.54) is 16.9 Å². The molecule has 0 aliphatic heterocycles. The van der Waals surface area contributed by atoms with Crippen LogP contribution in [0.1, 0.15) is 16.1 Å². The molecule has 0 bridgehead atoms. The number of nitrogens with two attached hydrogens (primary N) is 1. The van der Waals surface area contributed by atoms with Crippen molar-refractivity contribution in [3.63, 3.8) is 0 Å². The van der Waals surface area contributed by atoms with Crippen molar-refractivity contribution >= 4 is 11.8 Å². The Morgan fingerprint density at radius 2 is 2.31 bits per heavy atom. The van der Waals surface area contributed by atoms with Crippen LogP contribution in [0.5, 0.6) is 0 Å². The zero-order valence-electron chi connectivity index (χ0n) is 8.58. The minimum Gasteiger partial charge on any atom is -0.478 e. The number of aryl methyl sites for hydroxylation is 1.